The average Bonchev–Trinajstić information content (AvgIpc) is 2.46. The monoisotopic (exact) mass is 265 g/mol. The number of aliphatic hydroxyl groups is 1. The van der Waals surface area contributed by atoms with Crippen LogP contribution in [0.15, 0.2) is 24.3 Å². The summed E-state index contributed by atoms with van der Waals surface area (Å²) in [7, 11) is 0. The third-order valence-corrected chi connectivity index (χ3v) is 4.26. The van der Waals surface area contributed by atoms with E-state index in [1.165, 1.54) is 5.56 Å². The third-order valence-electron chi connectivity index (χ3n) is 4.26. The van der Waals surface area contributed by atoms with Crippen molar-refractivity contribution in [3.8, 4) is 5.75 Å². The van der Waals surface area contributed by atoms with Crippen LogP contribution in [0.2, 0.25) is 0 Å². The highest BCUT2D eigenvalue weighted by Gasteiger charge is 2.26. The van der Waals surface area contributed by atoms with E-state index in [4.69, 9.17) is 0 Å². The van der Waals surface area contributed by atoms with Crippen LogP contribution in [-0.4, -0.2) is 23.4 Å². The van der Waals surface area contributed by atoms with E-state index in [1.807, 2.05) is 12.1 Å². The quantitative estimate of drug-likeness (QED) is 0.676. The number of phenols is 1. The van der Waals surface area contributed by atoms with Gasteiger partial charge in [0.15, 0.2) is 0 Å². The van der Waals surface area contributed by atoms with Gasteiger partial charge in [-0.05, 0) is 37.0 Å². The Labute approximate surface area is 116 Å². The molecule has 108 valence electrons. The summed E-state index contributed by atoms with van der Waals surface area (Å²) in [6.07, 6.45) is 2.93. The molecule has 1 atom stereocenters. The van der Waals surface area contributed by atoms with Gasteiger partial charge in [0.1, 0.15) is 5.75 Å². The summed E-state index contributed by atoms with van der Waals surface area (Å²) < 4.78 is 0. The van der Waals surface area contributed by atoms with Gasteiger partial charge in [-0.3, -0.25) is 0 Å². The van der Waals surface area contributed by atoms with E-state index in [-0.39, 0.29) is 18.1 Å². The normalized spacial score (nSPS) is 13.5. The summed E-state index contributed by atoms with van der Waals surface area (Å²) in [5, 5.41) is 22.5. The summed E-state index contributed by atoms with van der Waals surface area (Å²) in [5.74, 6) is 0.297. The lowest BCUT2D eigenvalue weighted by molar-refractivity contribution is 0.109. The Morgan fingerprint density at radius 2 is 1.68 bits per heavy atom. The topological polar surface area (TPSA) is 52.5 Å². The zero-order valence-electron chi connectivity index (χ0n) is 12.3. The van der Waals surface area contributed by atoms with Crippen molar-refractivity contribution in [2.45, 2.75) is 46.1 Å². The fourth-order valence-electron chi connectivity index (χ4n) is 2.32. The van der Waals surface area contributed by atoms with Gasteiger partial charge in [0.2, 0.25) is 0 Å². The van der Waals surface area contributed by atoms with Crippen molar-refractivity contribution in [2.75, 3.05) is 13.2 Å². The van der Waals surface area contributed by atoms with E-state index in [2.05, 4.69) is 26.1 Å². The second-order valence-electron chi connectivity index (χ2n) is 5.30. The first kappa shape index (κ1) is 16.0. The van der Waals surface area contributed by atoms with E-state index in [9.17, 15) is 10.2 Å². The second-order valence-corrected chi connectivity index (χ2v) is 5.30. The summed E-state index contributed by atoms with van der Waals surface area (Å²) in [4.78, 5) is 0. The van der Waals surface area contributed by atoms with Crippen molar-refractivity contribution in [3.05, 3.63) is 29.8 Å². The maximum atomic E-state index is 9.60. The Balaban J connectivity index is 2.69. The molecule has 0 saturated carbocycles. The van der Waals surface area contributed by atoms with Crippen molar-refractivity contribution >= 4 is 0 Å². The first-order valence-electron chi connectivity index (χ1n) is 7.24. The predicted molar refractivity (Wildman–Crippen MR) is 79.2 cm³/mol. The van der Waals surface area contributed by atoms with Crippen molar-refractivity contribution in [3.63, 3.8) is 0 Å². The zero-order valence-corrected chi connectivity index (χ0v) is 12.3. The molecule has 0 aliphatic carbocycles. The summed E-state index contributed by atoms with van der Waals surface area (Å²) in [6, 6.07) is 7.62. The molecule has 0 radical (unpaired) electrons. The fraction of sp³-hybridized carbons (Fsp3) is 0.625. The first-order chi connectivity index (χ1) is 9.10. The minimum Gasteiger partial charge on any atom is -0.508 e. The third kappa shape index (κ3) is 4.22. The summed E-state index contributed by atoms with van der Waals surface area (Å²) in [6.45, 7) is 7.43. The maximum Gasteiger partial charge on any atom is 0.115 e. The Bertz CT molecular complexity index is 349. The highest BCUT2D eigenvalue weighted by Crippen LogP contribution is 2.27. The number of aromatic hydroxyl groups is 1. The Morgan fingerprint density at radius 1 is 1.11 bits per heavy atom. The molecule has 0 aromatic heterocycles. The van der Waals surface area contributed by atoms with Crippen LogP contribution < -0.4 is 5.32 Å². The molecule has 3 nitrogen and oxygen atoms in total. The van der Waals surface area contributed by atoms with Gasteiger partial charge < -0.3 is 15.5 Å². The fourth-order valence-corrected chi connectivity index (χ4v) is 2.32. The van der Waals surface area contributed by atoms with E-state index in [1.54, 1.807) is 12.1 Å². The van der Waals surface area contributed by atoms with Crippen LogP contribution in [0.3, 0.4) is 0 Å². The summed E-state index contributed by atoms with van der Waals surface area (Å²) >= 11 is 0. The molecule has 0 fully saturated rings. The second kappa shape index (κ2) is 7.51. The molecule has 0 aliphatic rings. The minimum absolute atomic E-state index is 0.0235. The number of nitrogens with one attached hydrogen (secondary N) is 1. The molecule has 1 rings (SSSR count). The number of benzene rings is 1. The number of aliphatic hydroxyl groups excluding tert-OH is 1. The molecule has 3 N–H and O–H groups in total. The van der Waals surface area contributed by atoms with Gasteiger partial charge in [0, 0.05) is 24.6 Å². The molecule has 0 bridgehead atoms. The first-order valence-corrected chi connectivity index (χ1v) is 7.24. The van der Waals surface area contributed by atoms with Crippen LogP contribution in [0.4, 0.5) is 0 Å². The standard InChI is InChI=1S/C16H27NO2/c1-4-15(13-7-9-14(19)10-8-13)17-11-16(5-2,6-3)12-18/h7-10,15,17-19H,4-6,11-12H2,1-3H3. The maximum absolute atomic E-state index is 9.60. The molecule has 1 unspecified atom stereocenters. The molecule has 0 amide bonds. The van der Waals surface area contributed by atoms with Gasteiger partial charge >= 0.3 is 0 Å². The van der Waals surface area contributed by atoms with Crippen LogP contribution in [-0.2, 0) is 0 Å². The van der Waals surface area contributed by atoms with E-state index in [0.717, 1.165) is 25.8 Å². The van der Waals surface area contributed by atoms with Crippen molar-refractivity contribution < 1.29 is 10.2 Å². The van der Waals surface area contributed by atoms with Crippen LogP contribution in [0.25, 0.3) is 0 Å². The Morgan fingerprint density at radius 3 is 2.11 bits per heavy atom. The molecule has 0 saturated heterocycles. The van der Waals surface area contributed by atoms with Crippen LogP contribution in [0.1, 0.15) is 51.6 Å². The number of hydrogen-bond donors (Lipinski definition) is 3. The zero-order chi connectivity index (χ0) is 14.3. The molecule has 19 heavy (non-hydrogen) atoms. The minimum atomic E-state index is -0.0235. The molecule has 0 spiro atoms. The summed E-state index contributed by atoms with van der Waals surface area (Å²) in [5.41, 5.74) is 1.16. The molecular formula is C16H27NO2. The van der Waals surface area contributed by atoms with Gasteiger partial charge in [-0.2, -0.15) is 0 Å². The molecule has 3 heteroatoms. The highest BCUT2D eigenvalue weighted by atomic mass is 16.3. The Hall–Kier alpha value is -1.06. The smallest absolute Gasteiger partial charge is 0.115 e. The van der Waals surface area contributed by atoms with Crippen LogP contribution >= 0.6 is 0 Å². The van der Waals surface area contributed by atoms with Crippen LogP contribution in [0, 0.1) is 5.41 Å². The number of hydrogen-bond acceptors (Lipinski definition) is 3. The molecule has 0 heterocycles. The average molecular weight is 265 g/mol. The lowest BCUT2D eigenvalue weighted by Gasteiger charge is -2.32. The lowest BCUT2D eigenvalue weighted by atomic mass is 9.83. The van der Waals surface area contributed by atoms with Crippen molar-refractivity contribution in [1.29, 1.82) is 0 Å². The van der Waals surface area contributed by atoms with Crippen molar-refractivity contribution in [1.82, 2.24) is 5.32 Å². The predicted octanol–water partition coefficient (Wildman–Crippen LogP) is 3.23. The number of phenolic OH excluding ortho intramolecular Hbond substituents is 1. The Kier molecular flexibility index (Phi) is 6.32. The molecule has 1 aromatic rings. The van der Waals surface area contributed by atoms with Gasteiger partial charge in [-0.15, -0.1) is 0 Å². The van der Waals surface area contributed by atoms with E-state index < -0.39 is 0 Å². The van der Waals surface area contributed by atoms with E-state index >= 15 is 0 Å². The van der Waals surface area contributed by atoms with Crippen molar-refractivity contribution in [2.24, 2.45) is 5.41 Å². The largest absolute Gasteiger partial charge is 0.508 e. The van der Waals surface area contributed by atoms with E-state index in [0.29, 0.717) is 5.75 Å². The van der Waals surface area contributed by atoms with Gasteiger partial charge in [-0.25, -0.2) is 0 Å². The molecule has 0 aliphatic heterocycles. The lowest BCUT2D eigenvalue weighted by Crippen LogP contribution is -2.38. The number of rotatable bonds is 8. The van der Waals surface area contributed by atoms with Gasteiger partial charge in [0.05, 0.1) is 0 Å². The molecule has 1 aromatic carbocycles. The van der Waals surface area contributed by atoms with Gasteiger partial charge in [-0.1, -0.05) is 32.9 Å². The highest BCUT2D eigenvalue weighted by molar-refractivity contribution is 5.28. The SMILES string of the molecule is CCC(NCC(CC)(CC)CO)c1ccc(O)cc1. The van der Waals surface area contributed by atoms with Crippen LogP contribution in [0.5, 0.6) is 5.75 Å². The van der Waals surface area contributed by atoms with Gasteiger partial charge in [0.25, 0.3) is 0 Å². The molecular weight excluding hydrogens is 238 g/mol.